The number of hydrogen-bond donors (Lipinski definition) is 0. The van der Waals surface area contributed by atoms with Crippen molar-refractivity contribution in [1.29, 1.82) is 0 Å². The SMILES string of the molecule is CCCCCCCCOc1ccc(-c2ccc(C(=O)Oc3ccc(CCC(CCCC)C(F)(F)F)cc3)cc2)cc1. The van der Waals surface area contributed by atoms with Crippen molar-refractivity contribution in [2.75, 3.05) is 6.61 Å². The molecule has 0 fully saturated rings. The van der Waals surface area contributed by atoms with Gasteiger partial charge in [0.25, 0.3) is 0 Å². The zero-order chi connectivity index (χ0) is 29.5. The van der Waals surface area contributed by atoms with Crippen molar-refractivity contribution in [1.82, 2.24) is 0 Å². The van der Waals surface area contributed by atoms with E-state index in [-0.39, 0.29) is 12.8 Å². The number of carbonyl (C=O) groups excluding carboxylic acids is 1. The van der Waals surface area contributed by atoms with Gasteiger partial charge in [0, 0.05) is 0 Å². The molecule has 41 heavy (non-hydrogen) atoms. The summed E-state index contributed by atoms with van der Waals surface area (Å²) in [6, 6.07) is 21.9. The normalized spacial score (nSPS) is 12.2. The van der Waals surface area contributed by atoms with E-state index >= 15 is 0 Å². The van der Waals surface area contributed by atoms with Gasteiger partial charge in [0.15, 0.2) is 0 Å². The zero-order valence-corrected chi connectivity index (χ0v) is 24.3. The highest BCUT2D eigenvalue weighted by atomic mass is 19.4. The van der Waals surface area contributed by atoms with Crippen LogP contribution in [0.3, 0.4) is 0 Å². The molecule has 0 saturated heterocycles. The van der Waals surface area contributed by atoms with E-state index in [1.807, 2.05) is 43.3 Å². The van der Waals surface area contributed by atoms with E-state index in [1.165, 1.54) is 32.1 Å². The lowest BCUT2D eigenvalue weighted by Gasteiger charge is -2.20. The van der Waals surface area contributed by atoms with E-state index in [0.29, 0.717) is 24.2 Å². The molecule has 0 amide bonds. The predicted molar refractivity (Wildman–Crippen MR) is 160 cm³/mol. The fourth-order valence-corrected chi connectivity index (χ4v) is 4.77. The molecule has 3 nitrogen and oxygen atoms in total. The second-order valence-electron chi connectivity index (χ2n) is 10.7. The summed E-state index contributed by atoms with van der Waals surface area (Å²) < 4.78 is 51.2. The van der Waals surface area contributed by atoms with E-state index in [9.17, 15) is 18.0 Å². The molecular formula is C35H43F3O3. The van der Waals surface area contributed by atoms with Crippen LogP contribution in [0.1, 0.15) is 94.0 Å². The Balaban J connectivity index is 1.46. The largest absolute Gasteiger partial charge is 0.494 e. The van der Waals surface area contributed by atoms with Gasteiger partial charge in [-0.25, -0.2) is 4.79 Å². The number of esters is 1. The lowest BCUT2D eigenvalue weighted by molar-refractivity contribution is -0.178. The maximum atomic E-state index is 13.3. The minimum atomic E-state index is -4.18. The third-order valence-corrected chi connectivity index (χ3v) is 7.36. The van der Waals surface area contributed by atoms with Gasteiger partial charge in [0.05, 0.1) is 18.1 Å². The first-order valence-corrected chi connectivity index (χ1v) is 15.0. The highest BCUT2D eigenvalue weighted by molar-refractivity contribution is 5.91. The molecule has 1 atom stereocenters. The van der Waals surface area contributed by atoms with E-state index in [4.69, 9.17) is 9.47 Å². The van der Waals surface area contributed by atoms with Crippen LogP contribution >= 0.6 is 0 Å². The molecule has 0 saturated carbocycles. The third kappa shape index (κ3) is 11.3. The highest BCUT2D eigenvalue weighted by Gasteiger charge is 2.38. The van der Waals surface area contributed by atoms with Gasteiger partial charge in [-0.2, -0.15) is 13.2 Å². The van der Waals surface area contributed by atoms with E-state index in [1.54, 1.807) is 36.4 Å². The summed E-state index contributed by atoms with van der Waals surface area (Å²) in [6.07, 6.45) is 5.07. The Morgan fingerprint density at radius 1 is 0.683 bits per heavy atom. The zero-order valence-electron chi connectivity index (χ0n) is 24.3. The van der Waals surface area contributed by atoms with Gasteiger partial charge in [0.2, 0.25) is 0 Å². The average molecular weight is 569 g/mol. The minimum Gasteiger partial charge on any atom is -0.494 e. The molecule has 222 valence electrons. The van der Waals surface area contributed by atoms with Crippen molar-refractivity contribution in [2.24, 2.45) is 5.92 Å². The number of rotatable bonds is 17. The van der Waals surface area contributed by atoms with Crippen LogP contribution in [-0.2, 0) is 6.42 Å². The Hall–Kier alpha value is -3.28. The summed E-state index contributed by atoms with van der Waals surface area (Å²) in [6.45, 7) is 4.84. The topological polar surface area (TPSA) is 35.5 Å². The molecule has 0 bridgehead atoms. The molecule has 0 aliphatic carbocycles. The van der Waals surface area contributed by atoms with Gasteiger partial charge in [0.1, 0.15) is 11.5 Å². The molecule has 3 rings (SSSR count). The van der Waals surface area contributed by atoms with Crippen LogP contribution in [0.2, 0.25) is 0 Å². The standard InChI is InChI=1S/C35H43F3O3/c1-3-5-7-8-9-10-26-40-32-24-19-29(20-25-32)28-15-17-30(18-16-28)34(39)41-33-22-13-27(14-23-33)12-21-31(11-6-4-2)35(36,37)38/h13-20,22-25,31H,3-12,21,26H2,1-2H3. The maximum Gasteiger partial charge on any atom is 0.391 e. The van der Waals surface area contributed by atoms with Gasteiger partial charge >= 0.3 is 12.1 Å². The first-order valence-electron chi connectivity index (χ1n) is 15.0. The van der Waals surface area contributed by atoms with Crippen LogP contribution in [0.4, 0.5) is 13.2 Å². The van der Waals surface area contributed by atoms with Crippen LogP contribution in [0, 0.1) is 5.92 Å². The second kappa shape index (κ2) is 16.9. The summed E-state index contributed by atoms with van der Waals surface area (Å²) >= 11 is 0. The minimum absolute atomic E-state index is 0.0595. The van der Waals surface area contributed by atoms with Crippen molar-refractivity contribution in [3.8, 4) is 22.6 Å². The van der Waals surface area contributed by atoms with Crippen molar-refractivity contribution < 1.29 is 27.4 Å². The molecule has 0 aromatic heterocycles. The molecular weight excluding hydrogens is 525 g/mol. The number of halogens is 3. The number of hydrogen-bond acceptors (Lipinski definition) is 3. The number of ether oxygens (including phenoxy) is 2. The second-order valence-corrected chi connectivity index (χ2v) is 10.7. The molecule has 0 radical (unpaired) electrons. The number of aryl methyl sites for hydroxylation is 1. The molecule has 0 heterocycles. The molecule has 3 aromatic carbocycles. The Labute approximate surface area is 243 Å². The number of alkyl halides is 3. The molecule has 0 aliphatic rings. The number of benzene rings is 3. The van der Waals surface area contributed by atoms with Crippen LogP contribution in [0.25, 0.3) is 11.1 Å². The van der Waals surface area contributed by atoms with Crippen LogP contribution in [-0.4, -0.2) is 18.8 Å². The fraction of sp³-hybridized carbons (Fsp3) is 0.457. The predicted octanol–water partition coefficient (Wildman–Crippen LogP) is 10.6. The first kappa shape index (κ1) is 32.2. The molecule has 0 N–H and O–H groups in total. The van der Waals surface area contributed by atoms with Gasteiger partial charge in [-0.05, 0) is 78.8 Å². The Morgan fingerprint density at radius 2 is 1.24 bits per heavy atom. The van der Waals surface area contributed by atoms with Gasteiger partial charge < -0.3 is 9.47 Å². The summed E-state index contributed by atoms with van der Waals surface area (Å²) in [5.74, 6) is -0.563. The summed E-state index contributed by atoms with van der Waals surface area (Å²) in [7, 11) is 0. The third-order valence-electron chi connectivity index (χ3n) is 7.36. The lowest BCUT2D eigenvalue weighted by atomic mass is 9.94. The van der Waals surface area contributed by atoms with Crippen molar-refractivity contribution >= 4 is 5.97 Å². The van der Waals surface area contributed by atoms with Gasteiger partial charge in [-0.15, -0.1) is 0 Å². The first-order chi connectivity index (χ1) is 19.8. The lowest BCUT2D eigenvalue weighted by Crippen LogP contribution is -2.23. The van der Waals surface area contributed by atoms with E-state index < -0.39 is 18.1 Å². The number of carbonyl (C=O) groups is 1. The summed E-state index contributed by atoms with van der Waals surface area (Å²) in [4.78, 5) is 12.7. The summed E-state index contributed by atoms with van der Waals surface area (Å²) in [5.41, 5.74) is 3.21. The van der Waals surface area contributed by atoms with Gasteiger partial charge in [-0.3, -0.25) is 0 Å². The van der Waals surface area contributed by atoms with Crippen LogP contribution < -0.4 is 9.47 Å². The van der Waals surface area contributed by atoms with Crippen molar-refractivity contribution in [2.45, 2.75) is 90.7 Å². The van der Waals surface area contributed by atoms with Crippen molar-refractivity contribution in [3.63, 3.8) is 0 Å². The maximum absolute atomic E-state index is 13.3. The molecule has 6 heteroatoms. The Bertz CT molecular complexity index is 1150. The summed E-state index contributed by atoms with van der Waals surface area (Å²) in [5, 5.41) is 0. The van der Waals surface area contributed by atoms with E-state index in [2.05, 4.69) is 6.92 Å². The van der Waals surface area contributed by atoms with Crippen LogP contribution in [0.15, 0.2) is 72.8 Å². The molecule has 1 unspecified atom stereocenters. The van der Waals surface area contributed by atoms with Crippen LogP contribution in [0.5, 0.6) is 11.5 Å². The average Bonchev–Trinajstić information content (AvgIpc) is 2.97. The smallest absolute Gasteiger partial charge is 0.391 e. The monoisotopic (exact) mass is 568 g/mol. The van der Waals surface area contributed by atoms with E-state index in [0.717, 1.165) is 41.9 Å². The Kier molecular flexibility index (Phi) is 13.3. The quantitative estimate of drug-likeness (QED) is 0.0923. The van der Waals surface area contributed by atoms with Crippen molar-refractivity contribution in [3.05, 3.63) is 83.9 Å². The molecule has 0 spiro atoms. The molecule has 0 aliphatic heterocycles. The highest BCUT2D eigenvalue weighted by Crippen LogP contribution is 2.34. The fourth-order valence-electron chi connectivity index (χ4n) is 4.77. The van der Waals surface area contributed by atoms with Gasteiger partial charge in [-0.1, -0.05) is 95.2 Å². The number of unbranched alkanes of at least 4 members (excludes halogenated alkanes) is 6. The Morgan fingerprint density at radius 3 is 1.85 bits per heavy atom. The molecule has 3 aromatic rings.